The molecule has 0 saturated carbocycles. The Morgan fingerprint density at radius 3 is 2.50 bits per heavy atom. The van der Waals surface area contributed by atoms with Gasteiger partial charge in [0.1, 0.15) is 5.82 Å². The molecule has 0 bridgehead atoms. The third-order valence-corrected chi connectivity index (χ3v) is 2.83. The molecule has 0 aliphatic heterocycles. The molecule has 106 valence electrons. The van der Waals surface area contributed by atoms with Gasteiger partial charge in [-0.3, -0.25) is 10.1 Å². The molecule has 0 atom stereocenters. The van der Waals surface area contributed by atoms with Crippen LogP contribution in [0.25, 0.3) is 11.4 Å². The second-order valence-corrected chi connectivity index (χ2v) is 4.32. The van der Waals surface area contributed by atoms with Gasteiger partial charge >= 0.3 is 6.18 Å². The number of imidazole rings is 1. The van der Waals surface area contributed by atoms with Gasteiger partial charge in [0.15, 0.2) is 5.69 Å². The second-order valence-electron chi connectivity index (χ2n) is 4.32. The Labute approximate surface area is 111 Å². The average molecular weight is 285 g/mol. The monoisotopic (exact) mass is 285 g/mol. The van der Waals surface area contributed by atoms with Crippen LogP contribution in [-0.2, 0) is 13.2 Å². The van der Waals surface area contributed by atoms with Crippen LogP contribution in [0.3, 0.4) is 0 Å². The fourth-order valence-electron chi connectivity index (χ4n) is 1.82. The Morgan fingerprint density at radius 2 is 2.00 bits per heavy atom. The van der Waals surface area contributed by atoms with E-state index in [2.05, 4.69) is 4.98 Å². The van der Waals surface area contributed by atoms with Crippen molar-refractivity contribution in [3.05, 3.63) is 45.8 Å². The third-order valence-electron chi connectivity index (χ3n) is 2.83. The molecule has 0 radical (unpaired) electrons. The molecule has 1 aromatic heterocycles. The number of hydrogen-bond donors (Lipinski definition) is 0. The van der Waals surface area contributed by atoms with Crippen LogP contribution in [0, 0.1) is 17.0 Å². The summed E-state index contributed by atoms with van der Waals surface area (Å²) in [6, 6.07) is 4.21. The van der Waals surface area contributed by atoms with Gasteiger partial charge in [-0.15, -0.1) is 0 Å². The predicted octanol–water partition coefficient (Wildman–Crippen LogP) is 3.32. The summed E-state index contributed by atoms with van der Waals surface area (Å²) < 4.78 is 38.9. The summed E-state index contributed by atoms with van der Waals surface area (Å²) in [7, 11) is 1.41. The van der Waals surface area contributed by atoms with Crippen molar-refractivity contribution in [3.63, 3.8) is 0 Å². The van der Waals surface area contributed by atoms with Gasteiger partial charge in [0.2, 0.25) is 0 Å². The molecule has 8 heteroatoms. The molecule has 5 nitrogen and oxygen atoms in total. The molecule has 0 saturated heterocycles. The normalized spacial score (nSPS) is 11.7. The van der Waals surface area contributed by atoms with E-state index in [0.29, 0.717) is 5.56 Å². The van der Waals surface area contributed by atoms with Gasteiger partial charge in [-0.25, -0.2) is 4.98 Å². The lowest BCUT2D eigenvalue weighted by Crippen LogP contribution is -2.04. The van der Waals surface area contributed by atoms with Gasteiger partial charge in [0.25, 0.3) is 5.69 Å². The van der Waals surface area contributed by atoms with E-state index in [9.17, 15) is 23.3 Å². The number of rotatable bonds is 2. The average Bonchev–Trinajstić information content (AvgIpc) is 2.71. The number of nitro groups is 1. The lowest BCUT2D eigenvalue weighted by molar-refractivity contribution is -0.385. The molecule has 1 aromatic carbocycles. The Kier molecular flexibility index (Phi) is 3.24. The summed E-state index contributed by atoms with van der Waals surface area (Å²) in [4.78, 5) is 13.8. The molecule has 0 spiro atoms. The van der Waals surface area contributed by atoms with E-state index in [1.54, 1.807) is 6.92 Å². The second kappa shape index (κ2) is 4.62. The van der Waals surface area contributed by atoms with Crippen LogP contribution in [0.2, 0.25) is 0 Å². The van der Waals surface area contributed by atoms with Crippen LogP contribution in [0.4, 0.5) is 18.9 Å². The summed E-state index contributed by atoms with van der Waals surface area (Å²) in [5.74, 6) is 0.0282. The number of alkyl halides is 3. The fourth-order valence-corrected chi connectivity index (χ4v) is 1.82. The molecule has 20 heavy (non-hydrogen) atoms. The van der Waals surface area contributed by atoms with Crippen molar-refractivity contribution in [2.45, 2.75) is 13.1 Å². The van der Waals surface area contributed by atoms with Crippen LogP contribution < -0.4 is 0 Å². The summed E-state index contributed by atoms with van der Waals surface area (Å²) in [5.41, 5.74) is -0.485. The van der Waals surface area contributed by atoms with Crippen LogP contribution >= 0.6 is 0 Å². The van der Waals surface area contributed by atoms with Gasteiger partial charge in [0.05, 0.1) is 4.92 Å². The minimum Gasteiger partial charge on any atom is -0.333 e. The van der Waals surface area contributed by atoms with Gasteiger partial charge in [-0.1, -0.05) is 12.1 Å². The van der Waals surface area contributed by atoms with Crippen LogP contribution in [0.15, 0.2) is 24.4 Å². The molecule has 0 aliphatic rings. The number of nitro benzene ring substituents is 1. The zero-order valence-electron chi connectivity index (χ0n) is 10.6. The van der Waals surface area contributed by atoms with E-state index in [1.165, 1.54) is 29.8 Å². The van der Waals surface area contributed by atoms with E-state index in [0.717, 1.165) is 6.20 Å². The molecule has 0 amide bonds. The van der Waals surface area contributed by atoms with Crippen molar-refractivity contribution < 1.29 is 18.1 Å². The summed E-state index contributed by atoms with van der Waals surface area (Å²) in [5, 5.41) is 10.9. The number of hydrogen-bond acceptors (Lipinski definition) is 3. The van der Waals surface area contributed by atoms with E-state index in [1.807, 2.05) is 0 Å². The van der Waals surface area contributed by atoms with Crippen LogP contribution in [-0.4, -0.2) is 14.5 Å². The summed E-state index contributed by atoms with van der Waals surface area (Å²) in [6.45, 7) is 1.56. The highest BCUT2D eigenvalue weighted by atomic mass is 19.4. The Hall–Kier alpha value is -2.38. The van der Waals surface area contributed by atoms with E-state index >= 15 is 0 Å². The standard InChI is InChI=1S/C12H10F3N3O2/c1-7-3-4-8(5-9(7)18(19)20)11-16-10(6-17(11)2)12(13,14)15/h3-6H,1-2H3. The number of aryl methyl sites for hydroxylation is 2. The molecule has 2 aromatic rings. The maximum absolute atomic E-state index is 12.6. The first kappa shape index (κ1) is 14.0. The van der Waals surface area contributed by atoms with Gasteiger partial charge < -0.3 is 4.57 Å². The van der Waals surface area contributed by atoms with Crippen LogP contribution in [0.1, 0.15) is 11.3 Å². The Bertz CT molecular complexity index is 677. The zero-order valence-corrected chi connectivity index (χ0v) is 10.6. The van der Waals surface area contributed by atoms with Crippen molar-refractivity contribution >= 4 is 5.69 Å². The topological polar surface area (TPSA) is 61.0 Å². The first-order valence-electron chi connectivity index (χ1n) is 5.56. The van der Waals surface area contributed by atoms with Crippen molar-refractivity contribution in [2.75, 3.05) is 0 Å². The van der Waals surface area contributed by atoms with Gasteiger partial charge in [-0.2, -0.15) is 13.2 Å². The predicted molar refractivity (Wildman–Crippen MR) is 65.0 cm³/mol. The Morgan fingerprint density at radius 1 is 1.35 bits per heavy atom. The quantitative estimate of drug-likeness (QED) is 0.628. The van der Waals surface area contributed by atoms with Gasteiger partial charge in [-0.05, 0) is 6.92 Å². The van der Waals surface area contributed by atoms with Crippen molar-refractivity contribution in [2.24, 2.45) is 7.05 Å². The number of nitrogens with zero attached hydrogens (tertiary/aromatic N) is 3. The SMILES string of the molecule is Cc1ccc(-c2nc(C(F)(F)F)cn2C)cc1[N+](=O)[O-]. The molecule has 2 rings (SSSR count). The number of benzene rings is 1. The lowest BCUT2D eigenvalue weighted by atomic mass is 10.1. The molecule has 0 fully saturated rings. The van der Waals surface area contributed by atoms with Gasteiger partial charge in [0, 0.05) is 30.4 Å². The molecule has 0 aliphatic carbocycles. The lowest BCUT2D eigenvalue weighted by Gasteiger charge is -2.03. The summed E-state index contributed by atoms with van der Waals surface area (Å²) >= 11 is 0. The first-order valence-corrected chi connectivity index (χ1v) is 5.56. The number of halogens is 3. The van der Waals surface area contributed by atoms with Crippen LogP contribution in [0.5, 0.6) is 0 Å². The highest BCUT2D eigenvalue weighted by Crippen LogP contribution is 2.32. The fraction of sp³-hybridized carbons (Fsp3) is 0.250. The zero-order chi connectivity index (χ0) is 15.1. The highest BCUT2D eigenvalue weighted by molar-refractivity contribution is 5.62. The van der Waals surface area contributed by atoms with E-state index in [-0.39, 0.29) is 17.1 Å². The van der Waals surface area contributed by atoms with Crippen molar-refractivity contribution in [1.29, 1.82) is 0 Å². The minimum absolute atomic E-state index is 0.0282. The van der Waals surface area contributed by atoms with Crippen molar-refractivity contribution in [1.82, 2.24) is 9.55 Å². The van der Waals surface area contributed by atoms with Crippen molar-refractivity contribution in [3.8, 4) is 11.4 Å². The third kappa shape index (κ3) is 2.49. The molecule has 1 heterocycles. The molecular formula is C12H10F3N3O2. The number of aromatic nitrogens is 2. The highest BCUT2D eigenvalue weighted by Gasteiger charge is 2.34. The maximum atomic E-state index is 12.6. The molecule has 0 unspecified atom stereocenters. The largest absolute Gasteiger partial charge is 0.434 e. The smallest absolute Gasteiger partial charge is 0.333 e. The summed E-state index contributed by atoms with van der Waals surface area (Å²) in [6.07, 6.45) is -3.70. The first-order chi connectivity index (χ1) is 9.20. The minimum atomic E-state index is -4.55. The molecular weight excluding hydrogens is 275 g/mol. The molecule has 0 N–H and O–H groups in total. The Balaban J connectivity index is 2.55. The maximum Gasteiger partial charge on any atom is 0.434 e. The van der Waals surface area contributed by atoms with E-state index < -0.39 is 16.8 Å². The van der Waals surface area contributed by atoms with E-state index in [4.69, 9.17) is 0 Å².